The summed E-state index contributed by atoms with van der Waals surface area (Å²) in [6.07, 6.45) is 2.14. The van der Waals surface area contributed by atoms with E-state index < -0.39 is 28.8 Å². The Morgan fingerprint density at radius 2 is 1.97 bits per heavy atom. The van der Waals surface area contributed by atoms with Gasteiger partial charge in [0.15, 0.2) is 12.7 Å². The third kappa shape index (κ3) is 4.14. The first kappa shape index (κ1) is 21.6. The molecule has 3 saturated carbocycles. The monoisotopic (exact) mass is 467 g/mol. The van der Waals surface area contributed by atoms with Gasteiger partial charge < -0.3 is 20.5 Å². The molecule has 7 nitrogen and oxygen atoms in total. The summed E-state index contributed by atoms with van der Waals surface area (Å²) in [5, 5.41) is 3.30. The van der Waals surface area contributed by atoms with E-state index in [-0.39, 0.29) is 23.3 Å². The van der Waals surface area contributed by atoms with E-state index in [1.165, 1.54) is 18.3 Å². The van der Waals surface area contributed by atoms with E-state index in [1.54, 1.807) is 13.0 Å². The van der Waals surface area contributed by atoms with Gasteiger partial charge >= 0.3 is 0 Å². The Morgan fingerprint density at radius 1 is 1.26 bits per heavy atom. The number of ether oxygens (including phenoxy) is 2. The van der Waals surface area contributed by atoms with Crippen LogP contribution in [-0.2, 0) is 9.59 Å². The topological polar surface area (TPSA) is 104 Å². The van der Waals surface area contributed by atoms with Gasteiger partial charge in [-0.1, -0.05) is 23.2 Å². The Labute approximate surface area is 188 Å². The van der Waals surface area contributed by atoms with Crippen molar-refractivity contribution in [2.24, 2.45) is 11.1 Å². The van der Waals surface area contributed by atoms with Gasteiger partial charge in [-0.3, -0.25) is 9.59 Å². The highest BCUT2D eigenvalue weighted by molar-refractivity contribution is 6.30. The molecule has 1 aromatic carbocycles. The maximum atomic E-state index is 13.7. The SMILES string of the molecule is Cc1cc(OCC(=O)NC23CC(C(Oc4ccc(Cl)c(F)c4)C(N)=O)(C2)C3)cnc1Cl. The van der Waals surface area contributed by atoms with Crippen LogP contribution in [-0.4, -0.2) is 35.0 Å². The third-order valence-electron chi connectivity index (χ3n) is 5.79. The lowest BCUT2D eigenvalue weighted by Gasteiger charge is -2.71. The molecule has 0 radical (unpaired) electrons. The summed E-state index contributed by atoms with van der Waals surface area (Å²) in [5.74, 6) is -0.937. The Bertz CT molecular complexity index is 1050. The summed E-state index contributed by atoms with van der Waals surface area (Å²) in [5.41, 5.74) is 5.41. The lowest BCUT2D eigenvalue weighted by molar-refractivity contribution is -0.208. The fourth-order valence-electron chi connectivity index (χ4n) is 4.54. The number of hydrogen-bond donors (Lipinski definition) is 2. The molecule has 0 spiro atoms. The van der Waals surface area contributed by atoms with Gasteiger partial charge in [0.1, 0.15) is 22.5 Å². The van der Waals surface area contributed by atoms with Crippen molar-refractivity contribution < 1.29 is 23.5 Å². The van der Waals surface area contributed by atoms with Gasteiger partial charge in [0.2, 0.25) is 0 Å². The van der Waals surface area contributed by atoms with E-state index in [4.69, 9.17) is 38.4 Å². The first-order valence-electron chi connectivity index (χ1n) is 9.58. The number of halogens is 3. The summed E-state index contributed by atoms with van der Waals surface area (Å²) in [6.45, 7) is 1.62. The number of nitrogens with zero attached hydrogens (tertiary/aromatic N) is 1. The molecule has 0 saturated heterocycles. The number of amides is 2. The molecule has 3 N–H and O–H groups in total. The molecule has 1 atom stereocenters. The number of rotatable bonds is 8. The lowest BCUT2D eigenvalue weighted by Crippen LogP contribution is -2.80. The van der Waals surface area contributed by atoms with Crippen LogP contribution in [0.3, 0.4) is 0 Å². The quantitative estimate of drug-likeness (QED) is 0.580. The number of aromatic nitrogens is 1. The Balaban J connectivity index is 1.32. The Morgan fingerprint density at radius 3 is 2.58 bits per heavy atom. The molecule has 0 aliphatic heterocycles. The van der Waals surface area contributed by atoms with Crippen molar-refractivity contribution in [2.45, 2.75) is 37.8 Å². The fraction of sp³-hybridized carbons (Fsp3) is 0.381. The number of carbonyl (C=O) groups is 2. The smallest absolute Gasteiger partial charge is 0.259 e. The zero-order valence-corrected chi connectivity index (χ0v) is 18.1. The van der Waals surface area contributed by atoms with E-state index in [0.29, 0.717) is 30.2 Å². The Hall–Kier alpha value is -2.58. The largest absolute Gasteiger partial charge is 0.482 e. The summed E-state index contributed by atoms with van der Waals surface area (Å²) >= 11 is 11.6. The molecule has 2 aromatic rings. The highest BCUT2D eigenvalue weighted by Gasteiger charge is 2.73. The number of nitrogens with two attached hydrogens (primary N) is 1. The van der Waals surface area contributed by atoms with Crippen LogP contribution in [0.1, 0.15) is 24.8 Å². The van der Waals surface area contributed by atoms with Gasteiger partial charge in [0.05, 0.1) is 11.2 Å². The number of hydrogen-bond acceptors (Lipinski definition) is 5. The summed E-state index contributed by atoms with van der Waals surface area (Å²) < 4.78 is 24.8. The molecule has 2 amide bonds. The average Bonchev–Trinajstić information content (AvgIpc) is 2.65. The molecule has 31 heavy (non-hydrogen) atoms. The zero-order valence-electron chi connectivity index (χ0n) is 16.6. The molecule has 1 unspecified atom stereocenters. The second-order valence-corrected chi connectivity index (χ2v) is 9.03. The number of pyridine rings is 1. The number of primary amides is 1. The lowest BCUT2D eigenvalue weighted by atomic mass is 9.37. The molecule has 10 heteroatoms. The predicted molar refractivity (Wildman–Crippen MR) is 112 cm³/mol. The number of carbonyl (C=O) groups excluding carboxylic acids is 2. The van der Waals surface area contributed by atoms with Crippen molar-refractivity contribution in [1.29, 1.82) is 0 Å². The zero-order chi connectivity index (χ0) is 22.4. The molecule has 3 aliphatic rings. The van der Waals surface area contributed by atoms with E-state index in [2.05, 4.69) is 10.3 Å². The minimum atomic E-state index is -0.925. The summed E-state index contributed by atoms with van der Waals surface area (Å²) in [4.78, 5) is 28.3. The molecular weight excluding hydrogens is 448 g/mol. The summed E-state index contributed by atoms with van der Waals surface area (Å²) in [6, 6.07) is 5.65. The van der Waals surface area contributed by atoms with Crippen LogP contribution in [0.15, 0.2) is 30.5 Å². The van der Waals surface area contributed by atoms with Crippen LogP contribution in [0, 0.1) is 18.2 Å². The third-order valence-corrected chi connectivity index (χ3v) is 6.50. The van der Waals surface area contributed by atoms with Crippen molar-refractivity contribution in [3.05, 3.63) is 52.0 Å². The minimum Gasteiger partial charge on any atom is -0.482 e. The van der Waals surface area contributed by atoms with Crippen molar-refractivity contribution in [2.75, 3.05) is 6.61 Å². The van der Waals surface area contributed by atoms with Crippen molar-refractivity contribution in [1.82, 2.24) is 10.3 Å². The molecule has 3 fully saturated rings. The van der Waals surface area contributed by atoms with Crippen LogP contribution in [0.5, 0.6) is 11.5 Å². The molecular formula is C21H20Cl2FN3O4. The molecule has 164 valence electrons. The van der Waals surface area contributed by atoms with Crippen LogP contribution < -0.4 is 20.5 Å². The van der Waals surface area contributed by atoms with E-state index >= 15 is 0 Å². The first-order valence-corrected chi connectivity index (χ1v) is 10.3. The summed E-state index contributed by atoms with van der Waals surface area (Å²) in [7, 11) is 0. The highest BCUT2D eigenvalue weighted by atomic mass is 35.5. The standard InChI is InChI=1S/C21H20Cl2FN3O4/c1-11-4-13(6-26-18(11)23)30-7-16(28)27-21-8-20(9-21,10-21)17(19(25)29)31-12-2-3-14(22)15(24)5-12/h2-6,17H,7-10H2,1H3,(H2,25,29)(H,27,28). The maximum Gasteiger partial charge on any atom is 0.259 e. The predicted octanol–water partition coefficient (Wildman–Crippen LogP) is 3.19. The van der Waals surface area contributed by atoms with E-state index in [1.807, 2.05) is 0 Å². The fourth-order valence-corrected chi connectivity index (χ4v) is 4.76. The minimum absolute atomic E-state index is 0.0399. The highest BCUT2D eigenvalue weighted by Crippen LogP contribution is 2.69. The number of aryl methyl sites for hydroxylation is 1. The van der Waals surface area contributed by atoms with Crippen LogP contribution in [0.4, 0.5) is 4.39 Å². The number of benzene rings is 1. The maximum absolute atomic E-state index is 13.7. The van der Waals surface area contributed by atoms with Crippen molar-refractivity contribution in [3.8, 4) is 11.5 Å². The van der Waals surface area contributed by atoms with Crippen LogP contribution in [0.2, 0.25) is 10.2 Å². The second-order valence-electron chi connectivity index (χ2n) is 8.26. The van der Waals surface area contributed by atoms with Crippen molar-refractivity contribution in [3.63, 3.8) is 0 Å². The van der Waals surface area contributed by atoms with E-state index in [9.17, 15) is 14.0 Å². The van der Waals surface area contributed by atoms with Gasteiger partial charge in [-0.2, -0.15) is 0 Å². The van der Waals surface area contributed by atoms with Gasteiger partial charge in [0.25, 0.3) is 11.8 Å². The van der Waals surface area contributed by atoms with Crippen molar-refractivity contribution >= 4 is 35.0 Å². The van der Waals surface area contributed by atoms with Gasteiger partial charge in [-0.25, -0.2) is 9.37 Å². The van der Waals surface area contributed by atoms with Crippen LogP contribution in [0.25, 0.3) is 0 Å². The molecule has 5 rings (SSSR count). The normalized spacial score (nSPS) is 24.4. The van der Waals surface area contributed by atoms with Gasteiger partial charge in [-0.15, -0.1) is 0 Å². The van der Waals surface area contributed by atoms with Crippen LogP contribution >= 0.6 is 23.2 Å². The van der Waals surface area contributed by atoms with Gasteiger partial charge in [-0.05, 0) is 49.9 Å². The Kier molecular flexibility index (Phi) is 5.47. The van der Waals surface area contributed by atoms with E-state index in [0.717, 1.165) is 11.6 Å². The molecule has 1 heterocycles. The second kappa shape index (κ2) is 7.84. The van der Waals surface area contributed by atoms with Gasteiger partial charge in [0, 0.05) is 17.0 Å². The first-order chi connectivity index (χ1) is 14.6. The molecule has 1 aromatic heterocycles. The number of nitrogens with one attached hydrogen (secondary N) is 1. The molecule has 2 bridgehead atoms. The molecule has 3 aliphatic carbocycles. The average molecular weight is 468 g/mol.